The highest BCUT2D eigenvalue weighted by Crippen LogP contribution is 2.33. The highest BCUT2D eigenvalue weighted by Gasteiger charge is 2.44. The molecule has 0 aromatic heterocycles. The van der Waals surface area contributed by atoms with Gasteiger partial charge >= 0.3 is 0 Å². The standard InChI is InChI=1S/C6H13NO2/c1-3-5(7)4(2)6(3)9-8/h3-6,8H,7H2,1-2H3/t3-,4?,5?,6?/m0/s1. The van der Waals surface area contributed by atoms with E-state index >= 15 is 0 Å². The molecule has 3 heteroatoms. The zero-order chi connectivity index (χ0) is 7.02. The van der Waals surface area contributed by atoms with Gasteiger partial charge in [0.25, 0.3) is 0 Å². The van der Waals surface area contributed by atoms with Gasteiger partial charge < -0.3 is 5.73 Å². The summed E-state index contributed by atoms with van der Waals surface area (Å²) >= 11 is 0. The first-order valence-corrected chi connectivity index (χ1v) is 3.24. The zero-order valence-electron chi connectivity index (χ0n) is 5.74. The lowest BCUT2D eigenvalue weighted by atomic mass is 9.69. The van der Waals surface area contributed by atoms with Crippen molar-refractivity contribution in [2.24, 2.45) is 17.6 Å². The Kier molecular flexibility index (Phi) is 1.75. The van der Waals surface area contributed by atoms with Crippen LogP contribution in [-0.2, 0) is 4.89 Å². The molecule has 3 unspecified atom stereocenters. The molecule has 0 aromatic rings. The van der Waals surface area contributed by atoms with Crippen molar-refractivity contribution in [3.05, 3.63) is 0 Å². The molecule has 54 valence electrons. The van der Waals surface area contributed by atoms with Gasteiger partial charge in [-0.05, 0) is 0 Å². The van der Waals surface area contributed by atoms with E-state index in [1.807, 2.05) is 13.8 Å². The molecule has 0 amide bonds. The molecule has 0 spiro atoms. The van der Waals surface area contributed by atoms with Gasteiger partial charge in [0.2, 0.25) is 0 Å². The lowest BCUT2D eigenvalue weighted by Gasteiger charge is -2.44. The molecule has 9 heavy (non-hydrogen) atoms. The molecule has 3 N–H and O–H groups in total. The van der Waals surface area contributed by atoms with Crippen molar-refractivity contribution in [1.82, 2.24) is 0 Å². The Labute approximate surface area is 54.7 Å². The minimum Gasteiger partial charge on any atom is -0.327 e. The van der Waals surface area contributed by atoms with Crippen LogP contribution in [0.4, 0.5) is 0 Å². The monoisotopic (exact) mass is 131 g/mol. The van der Waals surface area contributed by atoms with E-state index in [0.717, 1.165) is 0 Å². The molecular formula is C6H13NO2. The van der Waals surface area contributed by atoms with Crippen molar-refractivity contribution in [3.63, 3.8) is 0 Å². The van der Waals surface area contributed by atoms with E-state index in [9.17, 15) is 0 Å². The number of nitrogens with two attached hydrogens (primary N) is 1. The molecule has 0 heterocycles. The molecule has 1 aliphatic rings. The van der Waals surface area contributed by atoms with Gasteiger partial charge in [-0.2, -0.15) is 0 Å². The third-order valence-corrected chi connectivity index (χ3v) is 2.37. The Morgan fingerprint density at radius 2 is 1.78 bits per heavy atom. The summed E-state index contributed by atoms with van der Waals surface area (Å²) in [5.41, 5.74) is 5.64. The maximum absolute atomic E-state index is 8.29. The predicted octanol–water partition coefficient (Wildman–Crippen LogP) is 0.458. The first kappa shape index (κ1) is 6.99. The lowest BCUT2D eigenvalue weighted by Crippen LogP contribution is -2.58. The molecule has 1 rings (SSSR count). The molecule has 3 nitrogen and oxygen atoms in total. The van der Waals surface area contributed by atoms with E-state index < -0.39 is 0 Å². The van der Waals surface area contributed by atoms with Gasteiger partial charge in [-0.25, -0.2) is 4.89 Å². The van der Waals surface area contributed by atoms with E-state index in [4.69, 9.17) is 11.0 Å². The van der Waals surface area contributed by atoms with Crippen LogP contribution in [0, 0.1) is 11.8 Å². The molecular weight excluding hydrogens is 118 g/mol. The minimum atomic E-state index is -0.0417. The average Bonchev–Trinajstić information content (AvgIpc) is 1.89. The van der Waals surface area contributed by atoms with Gasteiger partial charge in [0.05, 0.1) is 0 Å². The normalized spacial score (nSPS) is 50.7. The minimum absolute atomic E-state index is 0.0417. The van der Waals surface area contributed by atoms with E-state index in [-0.39, 0.29) is 12.1 Å². The molecule has 0 bridgehead atoms. The van der Waals surface area contributed by atoms with E-state index in [1.165, 1.54) is 0 Å². The van der Waals surface area contributed by atoms with Crippen molar-refractivity contribution in [2.45, 2.75) is 26.0 Å². The second kappa shape index (κ2) is 2.25. The topological polar surface area (TPSA) is 55.5 Å². The SMILES string of the molecule is CC1C(N)[C@H](C)C1OO. The quantitative estimate of drug-likeness (QED) is 0.401. The summed E-state index contributed by atoms with van der Waals surface area (Å²) in [5, 5.41) is 8.29. The van der Waals surface area contributed by atoms with Crippen LogP contribution in [0.5, 0.6) is 0 Å². The Bertz CT molecular complexity index is 97.2. The maximum atomic E-state index is 8.29. The van der Waals surface area contributed by atoms with Crippen molar-refractivity contribution in [3.8, 4) is 0 Å². The first-order valence-electron chi connectivity index (χ1n) is 3.24. The summed E-state index contributed by atoms with van der Waals surface area (Å²) in [5.74, 6) is 0.593. The second-order valence-electron chi connectivity index (χ2n) is 2.87. The van der Waals surface area contributed by atoms with Crippen LogP contribution in [0.1, 0.15) is 13.8 Å². The fourth-order valence-corrected chi connectivity index (χ4v) is 1.44. The molecule has 0 aliphatic heterocycles. The third-order valence-electron chi connectivity index (χ3n) is 2.37. The summed E-state index contributed by atoms with van der Waals surface area (Å²) < 4.78 is 0. The van der Waals surface area contributed by atoms with E-state index in [1.54, 1.807) is 0 Å². The molecule has 4 atom stereocenters. The van der Waals surface area contributed by atoms with Crippen molar-refractivity contribution in [1.29, 1.82) is 0 Å². The van der Waals surface area contributed by atoms with Crippen molar-refractivity contribution in [2.75, 3.05) is 0 Å². The maximum Gasteiger partial charge on any atom is 0.101 e. The average molecular weight is 131 g/mol. The molecule has 0 saturated heterocycles. The van der Waals surface area contributed by atoms with Crippen molar-refractivity contribution < 1.29 is 10.1 Å². The van der Waals surface area contributed by atoms with Crippen molar-refractivity contribution >= 4 is 0 Å². The van der Waals surface area contributed by atoms with E-state index in [0.29, 0.717) is 11.8 Å². The van der Waals surface area contributed by atoms with Crippen LogP contribution in [0.2, 0.25) is 0 Å². The van der Waals surface area contributed by atoms with Gasteiger partial charge in [-0.1, -0.05) is 13.8 Å². The number of rotatable bonds is 1. The van der Waals surface area contributed by atoms with Gasteiger partial charge in [-0.15, -0.1) is 0 Å². The largest absolute Gasteiger partial charge is 0.327 e. The van der Waals surface area contributed by atoms with Gasteiger partial charge in [0, 0.05) is 17.9 Å². The number of hydrogen-bond acceptors (Lipinski definition) is 3. The van der Waals surface area contributed by atoms with E-state index in [2.05, 4.69) is 4.89 Å². The van der Waals surface area contributed by atoms with Crippen LogP contribution >= 0.6 is 0 Å². The highest BCUT2D eigenvalue weighted by molar-refractivity contribution is 4.95. The third kappa shape index (κ3) is 0.852. The highest BCUT2D eigenvalue weighted by atomic mass is 17.1. The van der Waals surface area contributed by atoms with Crippen LogP contribution in [-0.4, -0.2) is 17.4 Å². The fraction of sp³-hybridized carbons (Fsp3) is 1.00. The Balaban J connectivity index is 2.41. The fourth-order valence-electron chi connectivity index (χ4n) is 1.44. The first-order chi connectivity index (χ1) is 4.18. The van der Waals surface area contributed by atoms with Crippen LogP contribution in [0.3, 0.4) is 0 Å². The van der Waals surface area contributed by atoms with Gasteiger partial charge in [-0.3, -0.25) is 5.26 Å². The summed E-state index contributed by atoms with van der Waals surface area (Å²) in [6.45, 7) is 3.96. The molecule has 1 aliphatic carbocycles. The predicted molar refractivity (Wildman–Crippen MR) is 33.8 cm³/mol. The van der Waals surface area contributed by atoms with Gasteiger partial charge in [0.1, 0.15) is 6.10 Å². The second-order valence-corrected chi connectivity index (χ2v) is 2.87. The molecule has 1 fully saturated rings. The smallest absolute Gasteiger partial charge is 0.101 e. The Hall–Kier alpha value is -0.120. The van der Waals surface area contributed by atoms with Crippen LogP contribution < -0.4 is 5.73 Å². The molecule has 0 aromatic carbocycles. The summed E-state index contributed by atoms with van der Waals surface area (Å²) in [6, 6.07) is 0.196. The van der Waals surface area contributed by atoms with Crippen LogP contribution in [0.25, 0.3) is 0 Å². The Morgan fingerprint density at radius 3 is 2.00 bits per heavy atom. The lowest BCUT2D eigenvalue weighted by molar-refractivity contribution is -0.325. The summed E-state index contributed by atoms with van der Waals surface area (Å²) in [7, 11) is 0. The summed E-state index contributed by atoms with van der Waals surface area (Å²) in [6.07, 6.45) is -0.0417. The Morgan fingerprint density at radius 1 is 1.33 bits per heavy atom. The zero-order valence-corrected chi connectivity index (χ0v) is 5.74. The van der Waals surface area contributed by atoms with Crippen LogP contribution in [0.15, 0.2) is 0 Å². The summed E-state index contributed by atoms with van der Waals surface area (Å²) in [4.78, 5) is 4.20. The number of hydrogen-bond donors (Lipinski definition) is 2. The van der Waals surface area contributed by atoms with Gasteiger partial charge in [0.15, 0.2) is 0 Å². The molecule has 0 radical (unpaired) electrons. The molecule has 1 saturated carbocycles.